The van der Waals surface area contributed by atoms with Crippen molar-refractivity contribution in [3.8, 4) is 6.07 Å². The zero-order chi connectivity index (χ0) is 22.3. The molecule has 3 atom stereocenters. The smallest absolute Gasteiger partial charge is 0.410 e. The van der Waals surface area contributed by atoms with Crippen LogP contribution >= 0.6 is 27.3 Å². The summed E-state index contributed by atoms with van der Waals surface area (Å²) in [5, 5.41) is 12.2. The Balaban J connectivity index is 2.07. The van der Waals surface area contributed by atoms with E-state index in [0.717, 1.165) is 4.88 Å². The average molecular weight is 503 g/mol. The minimum Gasteiger partial charge on any atom is -0.444 e. The van der Waals surface area contributed by atoms with Crippen molar-refractivity contribution >= 4 is 39.3 Å². The summed E-state index contributed by atoms with van der Waals surface area (Å²) >= 11 is 4.68. The first-order chi connectivity index (χ1) is 14.1. The van der Waals surface area contributed by atoms with Gasteiger partial charge in [-0.1, -0.05) is 0 Å². The molecule has 1 N–H and O–H groups in total. The Hall–Kier alpha value is -1.74. The molecule has 11 heteroatoms. The third-order valence-corrected chi connectivity index (χ3v) is 5.77. The van der Waals surface area contributed by atoms with Crippen molar-refractivity contribution < 1.29 is 23.8 Å². The molecule has 2 amide bonds. The number of hydrogen-bond acceptors (Lipinski definition) is 8. The summed E-state index contributed by atoms with van der Waals surface area (Å²) in [4.78, 5) is 31.8. The third-order valence-electron chi connectivity index (χ3n) is 4.27. The summed E-state index contributed by atoms with van der Waals surface area (Å²) in [6.07, 6.45) is 0.823. The number of methoxy groups -OCH3 is 1. The van der Waals surface area contributed by atoms with Gasteiger partial charge in [-0.3, -0.25) is 4.79 Å². The predicted molar refractivity (Wildman–Crippen MR) is 114 cm³/mol. The topological polar surface area (TPSA) is 114 Å². The van der Waals surface area contributed by atoms with Crippen molar-refractivity contribution in [1.82, 2.24) is 15.2 Å². The van der Waals surface area contributed by atoms with Gasteiger partial charge in [-0.05, 0) is 43.1 Å². The molecule has 0 spiro atoms. The summed E-state index contributed by atoms with van der Waals surface area (Å²) in [6, 6.07) is 1.35. The second kappa shape index (κ2) is 11.0. The zero-order valence-corrected chi connectivity index (χ0v) is 19.9. The molecule has 9 nitrogen and oxygen atoms in total. The number of nitrogens with one attached hydrogen (secondary N) is 1. The molecule has 0 bridgehead atoms. The quantitative estimate of drug-likeness (QED) is 0.657. The zero-order valence-electron chi connectivity index (χ0n) is 17.5. The second-order valence-electron chi connectivity index (χ2n) is 7.87. The van der Waals surface area contributed by atoms with E-state index < -0.39 is 29.7 Å². The van der Waals surface area contributed by atoms with Gasteiger partial charge in [-0.25, -0.2) is 9.78 Å². The molecule has 1 fully saturated rings. The van der Waals surface area contributed by atoms with E-state index in [0.29, 0.717) is 23.3 Å². The fourth-order valence-corrected chi connectivity index (χ4v) is 4.16. The number of ether oxygens (including phenoxy) is 3. The Kier molecular flexibility index (Phi) is 9.03. The Morgan fingerprint density at radius 3 is 2.83 bits per heavy atom. The summed E-state index contributed by atoms with van der Waals surface area (Å²) in [5.41, 5.74) is -0.659. The lowest BCUT2D eigenvalue weighted by Gasteiger charge is -2.33. The molecule has 1 aromatic heterocycles. The summed E-state index contributed by atoms with van der Waals surface area (Å²) in [5.74, 6) is -0.463. The molecular weight excluding hydrogens is 476 g/mol. The first-order valence-corrected chi connectivity index (χ1v) is 11.1. The van der Waals surface area contributed by atoms with E-state index in [1.807, 2.05) is 0 Å². The maximum atomic E-state index is 12.8. The molecule has 166 valence electrons. The van der Waals surface area contributed by atoms with Gasteiger partial charge >= 0.3 is 6.09 Å². The summed E-state index contributed by atoms with van der Waals surface area (Å²) in [6.45, 7) is 5.96. The van der Waals surface area contributed by atoms with Crippen LogP contribution in [-0.4, -0.2) is 72.5 Å². The van der Waals surface area contributed by atoms with Crippen LogP contribution in [0.15, 0.2) is 10.1 Å². The van der Waals surface area contributed by atoms with Crippen LogP contribution in [0.3, 0.4) is 0 Å². The van der Waals surface area contributed by atoms with E-state index in [4.69, 9.17) is 14.2 Å². The highest BCUT2D eigenvalue weighted by atomic mass is 79.9. The molecule has 1 unspecified atom stereocenters. The van der Waals surface area contributed by atoms with Crippen molar-refractivity contribution in [1.29, 1.82) is 5.26 Å². The van der Waals surface area contributed by atoms with E-state index in [1.54, 1.807) is 34.1 Å². The molecule has 0 saturated carbocycles. The molecule has 1 aliphatic rings. The number of aromatic nitrogens is 1. The Morgan fingerprint density at radius 2 is 2.27 bits per heavy atom. The molecule has 1 aliphatic heterocycles. The lowest BCUT2D eigenvalue weighted by Crippen LogP contribution is -2.52. The van der Waals surface area contributed by atoms with Crippen LogP contribution < -0.4 is 5.32 Å². The lowest BCUT2D eigenvalue weighted by atomic mass is 10.1. The third kappa shape index (κ3) is 7.83. The van der Waals surface area contributed by atoms with Crippen LogP contribution in [0.25, 0.3) is 0 Å². The van der Waals surface area contributed by atoms with E-state index in [9.17, 15) is 14.9 Å². The largest absolute Gasteiger partial charge is 0.444 e. The SMILES string of the molecule is CO[C@@H]1CCN(C(=O)OC(C)(C)C)C[C@@H](C(=O)NC(C#N)Cc2cnc(Br)s2)OC1. The number of nitriles is 1. The molecule has 2 heterocycles. The molecular formula is C19H27BrN4O5S. The van der Waals surface area contributed by atoms with Crippen molar-refractivity contribution in [2.75, 3.05) is 26.8 Å². The monoisotopic (exact) mass is 502 g/mol. The van der Waals surface area contributed by atoms with Gasteiger partial charge in [0.1, 0.15) is 11.6 Å². The number of nitrogens with zero attached hydrogens (tertiary/aromatic N) is 3. The Labute approximate surface area is 188 Å². The van der Waals surface area contributed by atoms with Gasteiger partial charge < -0.3 is 24.4 Å². The molecule has 0 aromatic carbocycles. The fraction of sp³-hybridized carbons (Fsp3) is 0.684. The Bertz CT molecular complexity index is 776. The van der Waals surface area contributed by atoms with Crippen molar-refractivity contribution in [3.63, 3.8) is 0 Å². The maximum absolute atomic E-state index is 12.8. The molecule has 0 radical (unpaired) electrons. The fourth-order valence-electron chi connectivity index (χ4n) is 2.76. The first kappa shape index (κ1) is 24.5. The number of carbonyl (C=O) groups is 2. The standard InChI is InChI=1S/C19H27BrN4O5S/c1-19(2,3)29-18(26)24-6-5-13(27-4)11-28-15(10-24)16(25)23-12(8-21)7-14-9-22-17(20)30-14/h9,12-13,15H,5-7,10-11H2,1-4H3,(H,23,25)/t12?,13-,15+/m1/s1. The highest BCUT2D eigenvalue weighted by Crippen LogP contribution is 2.20. The number of halogens is 1. The van der Waals surface area contributed by atoms with E-state index >= 15 is 0 Å². The van der Waals surface area contributed by atoms with Crippen molar-refractivity contribution in [2.45, 2.75) is 57.5 Å². The van der Waals surface area contributed by atoms with Gasteiger partial charge in [0.05, 0.1) is 25.3 Å². The molecule has 30 heavy (non-hydrogen) atoms. The van der Waals surface area contributed by atoms with E-state index in [-0.39, 0.29) is 19.3 Å². The van der Waals surface area contributed by atoms with Crippen LogP contribution in [-0.2, 0) is 25.4 Å². The van der Waals surface area contributed by atoms with Gasteiger partial charge in [0.15, 0.2) is 10.0 Å². The minimum absolute atomic E-state index is 0.0292. The van der Waals surface area contributed by atoms with Crippen LogP contribution in [0.4, 0.5) is 4.79 Å². The van der Waals surface area contributed by atoms with Crippen LogP contribution in [0.2, 0.25) is 0 Å². The Morgan fingerprint density at radius 1 is 1.53 bits per heavy atom. The van der Waals surface area contributed by atoms with E-state index in [1.165, 1.54) is 16.2 Å². The summed E-state index contributed by atoms with van der Waals surface area (Å²) < 4.78 is 17.3. The number of amides is 2. The molecule has 1 saturated heterocycles. The second-order valence-corrected chi connectivity index (χ2v) is 10.3. The van der Waals surface area contributed by atoms with Gasteiger partial charge in [-0.2, -0.15) is 5.26 Å². The van der Waals surface area contributed by atoms with Gasteiger partial charge in [-0.15, -0.1) is 11.3 Å². The lowest BCUT2D eigenvalue weighted by molar-refractivity contribution is -0.139. The normalized spacial score (nSPS) is 21.1. The highest BCUT2D eigenvalue weighted by molar-refractivity contribution is 9.11. The number of rotatable bonds is 5. The van der Waals surface area contributed by atoms with Crippen molar-refractivity contribution in [3.05, 3.63) is 15.0 Å². The van der Waals surface area contributed by atoms with Gasteiger partial charge in [0, 0.05) is 31.1 Å². The van der Waals surface area contributed by atoms with Crippen LogP contribution in [0.1, 0.15) is 32.1 Å². The average Bonchev–Trinajstić information content (AvgIpc) is 3.04. The first-order valence-electron chi connectivity index (χ1n) is 9.53. The minimum atomic E-state index is -0.945. The van der Waals surface area contributed by atoms with E-state index in [2.05, 4.69) is 32.3 Å². The van der Waals surface area contributed by atoms with Gasteiger partial charge in [0.2, 0.25) is 0 Å². The highest BCUT2D eigenvalue weighted by Gasteiger charge is 2.32. The molecule has 1 aromatic rings. The van der Waals surface area contributed by atoms with Crippen LogP contribution in [0.5, 0.6) is 0 Å². The van der Waals surface area contributed by atoms with Crippen molar-refractivity contribution in [2.24, 2.45) is 0 Å². The molecule has 0 aliphatic carbocycles. The van der Waals surface area contributed by atoms with Crippen LogP contribution in [0, 0.1) is 11.3 Å². The summed E-state index contributed by atoms with van der Waals surface area (Å²) in [7, 11) is 1.56. The number of thiazole rings is 1. The molecule has 2 rings (SSSR count). The maximum Gasteiger partial charge on any atom is 0.410 e. The number of carbonyl (C=O) groups excluding carboxylic acids is 2. The predicted octanol–water partition coefficient (Wildman–Crippen LogP) is 2.50. The number of hydrogen-bond donors (Lipinski definition) is 1. The van der Waals surface area contributed by atoms with Gasteiger partial charge in [0.25, 0.3) is 5.91 Å².